The quantitative estimate of drug-likeness (QED) is 0.785. The van der Waals surface area contributed by atoms with E-state index in [1.165, 1.54) is 24.0 Å². The predicted molar refractivity (Wildman–Crippen MR) is 95.4 cm³/mol. The maximum Gasteiger partial charge on any atom is 0.231 e. The standard InChI is InChI=1S/C21H25NO2/c1-15(17-6-4-3-5-7-17)22(2)19(18-9-10-18)12-16-8-11-20-21(13-16)24-14-23-20/h3-8,11,13,15,18-19H,9-10,12,14H2,1-2H3/t15-,19?/m1/s1. The number of nitrogens with zero attached hydrogens (tertiary/aromatic N) is 1. The molecule has 1 fully saturated rings. The lowest BCUT2D eigenvalue weighted by atomic mass is 9.97. The van der Waals surface area contributed by atoms with E-state index in [0.717, 1.165) is 23.8 Å². The van der Waals surface area contributed by atoms with E-state index in [1.54, 1.807) is 0 Å². The van der Waals surface area contributed by atoms with E-state index in [4.69, 9.17) is 9.47 Å². The summed E-state index contributed by atoms with van der Waals surface area (Å²) in [5.41, 5.74) is 2.72. The van der Waals surface area contributed by atoms with Crippen LogP contribution in [0, 0.1) is 5.92 Å². The highest BCUT2D eigenvalue weighted by Gasteiger charge is 2.35. The Balaban J connectivity index is 1.52. The fraction of sp³-hybridized carbons (Fsp3) is 0.429. The van der Waals surface area contributed by atoms with E-state index in [-0.39, 0.29) is 0 Å². The van der Waals surface area contributed by atoms with Crippen LogP contribution in [-0.2, 0) is 6.42 Å². The molecule has 0 radical (unpaired) electrons. The van der Waals surface area contributed by atoms with Crippen LogP contribution < -0.4 is 9.47 Å². The second-order valence-electron chi connectivity index (χ2n) is 7.05. The molecule has 2 aromatic rings. The van der Waals surface area contributed by atoms with Gasteiger partial charge in [-0.1, -0.05) is 36.4 Å². The van der Waals surface area contributed by atoms with E-state index in [1.807, 2.05) is 6.07 Å². The first-order valence-electron chi connectivity index (χ1n) is 8.88. The third-order valence-electron chi connectivity index (χ3n) is 5.46. The summed E-state index contributed by atoms with van der Waals surface area (Å²) < 4.78 is 11.0. The lowest BCUT2D eigenvalue weighted by Crippen LogP contribution is -2.37. The SMILES string of the molecule is C[C@H](c1ccccc1)N(C)C(Cc1ccc2c(c1)OCO2)C1CC1. The smallest absolute Gasteiger partial charge is 0.231 e. The number of ether oxygens (including phenoxy) is 2. The molecule has 0 saturated heterocycles. The lowest BCUT2D eigenvalue weighted by Gasteiger charge is -2.34. The average Bonchev–Trinajstić information content (AvgIpc) is 3.36. The summed E-state index contributed by atoms with van der Waals surface area (Å²) in [4.78, 5) is 2.55. The maximum absolute atomic E-state index is 5.54. The van der Waals surface area contributed by atoms with Gasteiger partial charge in [0.1, 0.15) is 0 Å². The van der Waals surface area contributed by atoms with Crippen molar-refractivity contribution in [1.82, 2.24) is 4.90 Å². The molecule has 2 atom stereocenters. The van der Waals surface area contributed by atoms with Crippen molar-refractivity contribution in [3.63, 3.8) is 0 Å². The van der Waals surface area contributed by atoms with E-state index in [2.05, 4.69) is 61.3 Å². The van der Waals surface area contributed by atoms with Crippen LogP contribution >= 0.6 is 0 Å². The molecule has 0 amide bonds. The first-order valence-corrected chi connectivity index (χ1v) is 8.88. The summed E-state index contributed by atoms with van der Waals surface area (Å²) in [5.74, 6) is 2.57. The highest BCUT2D eigenvalue weighted by atomic mass is 16.7. The lowest BCUT2D eigenvalue weighted by molar-refractivity contribution is 0.164. The van der Waals surface area contributed by atoms with Crippen LogP contribution in [-0.4, -0.2) is 24.8 Å². The zero-order valence-corrected chi connectivity index (χ0v) is 14.4. The van der Waals surface area contributed by atoms with Crippen LogP contribution in [0.1, 0.15) is 36.9 Å². The molecule has 1 aliphatic carbocycles. The first-order chi connectivity index (χ1) is 11.7. The maximum atomic E-state index is 5.54. The average molecular weight is 323 g/mol. The minimum atomic E-state index is 0.343. The predicted octanol–water partition coefficient (Wildman–Crippen LogP) is 4.43. The number of fused-ring (bicyclic) bond motifs is 1. The van der Waals surface area contributed by atoms with Gasteiger partial charge in [-0.25, -0.2) is 0 Å². The zero-order valence-electron chi connectivity index (χ0n) is 14.4. The largest absolute Gasteiger partial charge is 0.454 e. The third-order valence-corrected chi connectivity index (χ3v) is 5.46. The summed E-state index contributed by atoms with van der Waals surface area (Å²) in [6.45, 7) is 2.65. The van der Waals surface area contributed by atoms with Gasteiger partial charge in [-0.05, 0) is 62.4 Å². The molecule has 2 aromatic carbocycles. The van der Waals surface area contributed by atoms with E-state index >= 15 is 0 Å². The number of hydrogen-bond acceptors (Lipinski definition) is 3. The Hall–Kier alpha value is -2.00. The van der Waals surface area contributed by atoms with Crippen LogP contribution in [0.4, 0.5) is 0 Å². The number of likely N-dealkylation sites (N-methyl/N-ethyl adjacent to an activating group) is 1. The summed E-state index contributed by atoms with van der Waals surface area (Å²) in [6.07, 6.45) is 3.76. The van der Waals surface area contributed by atoms with E-state index < -0.39 is 0 Å². The van der Waals surface area contributed by atoms with Gasteiger partial charge >= 0.3 is 0 Å². The van der Waals surface area contributed by atoms with Gasteiger partial charge in [0.25, 0.3) is 0 Å². The number of benzene rings is 2. The molecule has 3 heteroatoms. The van der Waals surface area contributed by atoms with Gasteiger partial charge in [0.15, 0.2) is 11.5 Å². The van der Waals surface area contributed by atoms with Gasteiger partial charge in [-0.15, -0.1) is 0 Å². The highest BCUT2D eigenvalue weighted by Crippen LogP contribution is 2.40. The topological polar surface area (TPSA) is 21.7 Å². The Kier molecular flexibility index (Phi) is 4.19. The van der Waals surface area contributed by atoms with Crippen molar-refractivity contribution >= 4 is 0 Å². The van der Waals surface area contributed by atoms with Crippen LogP contribution in [0.15, 0.2) is 48.5 Å². The van der Waals surface area contributed by atoms with Crippen LogP contribution in [0.2, 0.25) is 0 Å². The minimum Gasteiger partial charge on any atom is -0.454 e. The Morgan fingerprint density at radius 2 is 1.79 bits per heavy atom. The van der Waals surface area contributed by atoms with Crippen molar-refractivity contribution in [2.45, 2.75) is 38.3 Å². The van der Waals surface area contributed by atoms with Crippen molar-refractivity contribution in [1.29, 1.82) is 0 Å². The number of hydrogen-bond donors (Lipinski definition) is 0. The van der Waals surface area contributed by atoms with Crippen LogP contribution in [0.25, 0.3) is 0 Å². The van der Waals surface area contributed by atoms with Gasteiger partial charge in [0.05, 0.1) is 0 Å². The molecule has 1 aliphatic heterocycles. The number of rotatable bonds is 6. The Morgan fingerprint density at radius 3 is 2.54 bits per heavy atom. The Labute approximate surface area is 144 Å². The second-order valence-corrected chi connectivity index (χ2v) is 7.05. The molecule has 0 spiro atoms. The van der Waals surface area contributed by atoms with Gasteiger partial charge in [0.2, 0.25) is 6.79 Å². The molecule has 0 bridgehead atoms. The van der Waals surface area contributed by atoms with Crippen molar-refractivity contribution in [3.8, 4) is 11.5 Å². The molecular formula is C21H25NO2. The summed E-state index contributed by atoms with van der Waals surface area (Å²) in [6, 6.07) is 18.2. The molecule has 3 nitrogen and oxygen atoms in total. The molecule has 1 heterocycles. The molecule has 24 heavy (non-hydrogen) atoms. The Morgan fingerprint density at radius 1 is 1.04 bits per heavy atom. The molecule has 126 valence electrons. The highest BCUT2D eigenvalue weighted by molar-refractivity contribution is 5.44. The minimum absolute atomic E-state index is 0.343. The fourth-order valence-electron chi connectivity index (χ4n) is 3.69. The summed E-state index contributed by atoms with van der Waals surface area (Å²) in [7, 11) is 2.27. The van der Waals surface area contributed by atoms with E-state index in [9.17, 15) is 0 Å². The molecular weight excluding hydrogens is 298 g/mol. The van der Waals surface area contributed by atoms with E-state index in [0.29, 0.717) is 18.9 Å². The van der Waals surface area contributed by atoms with Crippen LogP contribution in [0.5, 0.6) is 11.5 Å². The molecule has 1 saturated carbocycles. The molecule has 1 unspecified atom stereocenters. The zero-order chi connectivity index (χ0) is 16.5. The molecule has 4 rings (SSSR count). The molecule has 0 aromatic heterocycles. The fourth-order valence-corrected chi connectivity index (χ4v) is 3.69. The molecule has 0 N–H and O–H groups in total. The van der Waals surface area contributed by atoms with Crippen molar-refractivity contribution in [3.05, 3.63) is 59.7 Å². The third kappa shape index (κ3) is 3.13. The molecule has 2 aliphatic rings. The van der Waals surface area contributed by atoms with Gasteiger partial charge in [0, 0.05) is 12.1 Å². The summed E-state index contributed by atoms with van der Waals surface area (Å²) in [5, 5.41) is 0. The van der Waals surface area contributed by atoms with Gasteiger partial charge in [-0.2, -0.15) is 0 Å². The van der Waals surface area contributed by atoms with Gasteiger partial charge < -0.3 is 9.47 Å². The first kappa shape index (κ1) is 15.5. The van der Waals surface area contributed by atoms with Gasteiger partial charge in [-0.3, -0.25) is 4.90 Å². The second kappa shape index (κ2) is 6.48. The summed E-state index contributed by atoms with van der Waals surface area (Å²) >= 11 is 0. The van der Waals surface area contributed by atoms with Crippen molar-refractivity contribution < 1.29 is 9.47 Å². The Bertz CT molecular complexity index is 696. The monoisotopic (exact) mass is 323 g/mol. The van der Waals surface area contributed by atoms with Crippen LogP contribution in [0.3, 0.4) is 0 Å². The van der Waals surface area contributed by atoms with Crippen molar-refractivity contribution in [2.24, 2.45) is 5.92 Å². The van der Waals surface area contributed by atoms with Crippen molar-refractivity contribution in [2.75, 3.05) is 13.8 Å². The normalized spacial score (nSPS) is 18.6.